The Morgan fingerprint density at radius 2 is 2.12 bits per heavy atom. The molecule has 1 atom stereocenters. The van der Waals surface area contributed by atoms with E-state index in [4.69, 9.17) is 5.11 Å². The van der Waals surface area contributed by atoms with E-state index >= 15 is 0 Å². The van der Waals surface area contributed by atoms with E-state index in [-0.39, 0.29) is 12.0 Å². The van der Waals surface area contributed by atoms with Gasteiger partial charge in [0.25, 0.3) is 5.91 Å². The molecule has 0 bridgehead atoms. The summed E-state index contributed by atoms with van der Waals surface area (Å²) in [4.78, 5) is 22.5. The number of halogens is 1. The maximum atomic E-state index is 13.0. The van der Waals surface area contributed by atoms with Gasteiger partial charge in [0.1, 0.15) is 11.9 Å². The average Bonchev–Trinajstić information content (AvgIpc) is 2.28. The number of carboxylic acid groups (broad SMARTS) is 1. The molecule has 0 fully saturated rings. The molecule has 17 heavy (non-hydrogen) atoms. The lowest BCUT2D eigenvalue weighted by atomic mass is 10.1. The molecule has 0 saturated carbocycles. The Hall–Kier alpha value is -1.91. The Bertz CT molecular complexity index is 445. The number of hydrogen-bond donors (Lipinski definition) is 2. The predicted octanol–water partition coefficient (Wildman–Crippen LogP) is 1.73. The number of amides is 1. The van der Waals surface area contributed by atoms with Gasteiger partial charge in [-0.05, 0) is 31.0 Å². The molecule has 0 aliphatic rings. The predicted molar refractivity (Wildman–Crippen MR) is 60.3 cm³/mol. The quantitative estimate of drug-likeness (QED) is 0.840. The van der Waals surface area contributed by atoms with Crippen LogP contribution in [0.3, 0.4) is 0 Å². The lowest BCUT2D eigenvalue weighted by Gasteiger charge is -2.13. The van der Waals surface area contributed by atoms with E-state index in [9.17, 15) is 14.0 Å². The summed E-state index contributed by atoms with van der Waals surface area (Å²) in [6.45, 7) is 3.31. The summed E-state index contributed by atoms with van der Waals surface area (Å²) in [5.41, 5.74) is 0.758. The van der Waals surface area contributed by atoms with Crippen LogP contribution < -0.4 is 5.32 Å². The normalized spacial score (nSPS) is 11.9. The first-order valence-corrected chi connectivity index (χ1v) is 5.25. The summed E-state index contributed by atoms with van der Waals surface area (Å²) >= 11 is 0. The summed E-state index contributed by atoms with van der Waals surface area (Å²) in [7, 11) is 0. The van der Waals surface area contributed by atoms with E-state index in [1.54, 1.807) is 13.8 Å². The minimum absolute atomic E-state index is 0.157. The van der Waals surface area contributed by atoms with E-state index in [0.717, 1.165) is 6.07 Å². The van der Waals surface area contributed by atoms with Gasteiger partial charge >= 0.3 is 5.97 Å². The molecule has 5 heteroatoms. The summed E-state index contributed by atoms with van der Waals surface area (Å²) in [5, 5.41) is 11.1. The van der Waals surface area contributed by atoms with Crippen LogP contribution in [0.5, 0.6) is 0 Å². The molecule has 1 rings (SSSR count). The topological polar surface area (TPSA) is 66.4 Å². The number of carbonyl (C=O) groups excluding carboxylic acids is 1. The van der Waals surface area contributed by atoms with Crippen LogP contribution in [0.4, 0.5) is 4.39 Å². The molecule has 1 aromatic carbocycles. The molecule has 0 spiro atoms. The zero-order valence-corrected chi connectivity index (χ0v) is 9.66. The van der Waals surface area contributed by atoms with Gasteiger partial charge in [-0.3, -0.25) is 4.79 Å². The highest BCUT2D eigenvalue weighted by Gasteiger charge is 2.19. The molecule has 0 unspecified atom stereocenters. The molecule has 4 nitrogen and oxygen atoms in total. The Balaban J connectivity index is 2.89. The van der Waals surface area contributed by atoms with Gasteiger partial charge in [-0.15, -0.1) is 0 Å². The van der Waals surface area contributed by atoms with Crippen molar-refractivity contribution in [2.45, 2.75) is 26.3 Å². The van der Waals surface area contributed by atoms with Crippen LogP contribution in [0.15, 0.2) is 18.2 Å². The molecule has 1 aromatic rings. The molecule has 1 amide bonds. The fourth-order valence-corrected chi connectivity index (χ4v) is 1.41. The van der Waals surface area contributed by atoms with Gasteiger partial charge in [-0.25, -0.2) is 9.18 Å². The zero-order valence-electron chi connectivity index (χ0n) is 9.66. The van der Waals surface area contributed by atoms with Crippen molar-refractivity contribution >= 4 is 11.9 Å². The van der Waals surface area contributed by atoms with E-state index in [1.165, 1.54) is 12.1 Å². The third-order valence-corrected chi connectivity index (χ3v) is 2.46. The SMILES string of the molecule is CC[C@H](NC(=O)c1cc(F)ccc1C)C(=O)O. The molecular formula is C12H14FNO3. The van der Waals surface area contributed by atoms with Crippen molar-refractivity contribution in [3.8, 4) is 0 Å². The van der Waals surface area contributed by atoms with Crippen LogP contribution in [0, 0.1) is 12.7 Å². The highest BCUT2D eigenvalue weighted by atomic mass is 19.1. The Morgan fingerprint density at radius 3 is 2.65 bits per heavy atom. The smallest absolute Gasteiger partial charge is 0.326 e. The number of hydrogen-bond acceptors (Lipinski definition) is 2. The van der Waals surface area contributed by atoms with Crippen molar-refractivity contribution in [2.24, 2.45) is 0 Å². The molecule has 0 radical (unpaired) electrons. The number of aryl methyl sites for hydroxylation is 1. The van der Waals surface area contributed by atoms with Gasteiger partial charge < -0.3 is 10.4 Å². The molecule has 0 aromatic heterocycles. The second-order valence-corrected chi connectivity index (χ2v) is 3.73. The lowest BCUT2D eigenvalue weighted by Crippen LogP contribution is -2.40. The molecule has 0 aliphatic heterocycles. The van der Waals surface area contributed by atoms with Crippen LogP contribution in [0.1, 0.15) is 29.3 Å². The van der Waals surface area contributed by atoms with Crippen LogP contribution in [0.2, 0.25) is 0 Å². The molecule has 0 aliphatic carbocycles. The van der Waals surface area contributed by atoms with Crippen molar-refractivity contribution in [1.29, 1.82) is 0 Å². The second kappa shape index (κ2) is 5.43. The molecule has 92 valence electrons. The first-order chi connectivity index (χ1) is 7.95. The van der Waals surface area contributed by atoms with Gasteiger partial charge in [0.05, 0.1) is 0 Å². The highest BCUT2D eigenvalue weighted by Crippen LogP contribution is 2.10. The number of benzene rings is 1. The van der Waals surface area contributed by atoms with Crippen molar-refractivity contribution in [3.63, 3.8) is 0 Å². The number of rotatable bonds is 4. The van der Waals surface area contributed by atoms with Gasteiger partial charge in [0.2, 0.25) is 0 Å². The van der Waals surface area contributed by atoms with E-state index in [1.807, 2.05) is 0 Å². The largest absolute Gasteiger partial charge is 0.480 e. The summed E-state index contributed by atoms with van der Waals surface area (Å²) < 4.78 is 13.0. The number of nitrogens with one attached hydrogen (secondary N) is 1. The third kappa shape index (κ3) is 3.27. The average molecular weight is 239 g/mol. The summed E-state index contributed by atoms with van der Waals surface area (Å²) in [5.74, 6) is -2.20. The number of carbonyl (C=O) groups is 2. The molecule has 0 saturated heterocycles. The second-order valence-electron chi connectivity index (χ2n) is 3.73. The standard InChI is InChI=1S/C12H14FNO3/c1-3-10(12(16)17)14-11(15)9-6-8(13)5-4-7(9)2/h4-6,10H,3H2,1-2H3,(H,14,15)(H,16,17)/t10-/m0/s1. The zero-order chi connectivity index (χ0) is 13.0. The first-order valence-electron chi connectivity index (χ1n) is 5.25. The van der Waals surface area contributed by atoms with Gasteiger partial charge in [-0.2, -0.15) is 0 Å². The Morgan fingerprint density at radius 1 is 1.47 bits per heavy atom. The van der Waals surface area contributed by atoms with E-state index in [2.05, 4.69) is 5.32 Å². The Kier molecular flexibility index (Phi) is 4.20. The van der Waals surface area contributed by atoms with Crippen molar-refractivity contribution in [2.75, 3.05) is 0 Å². The Labute approximate surface area is 98.5 Å². The summed E-state index contributed by atoms with van der Waals surface area (Å²) in [6.07, 6.45) is 0.273. The van der Waals surface area contributed by atoms with E-state index in [0.29, 0.717) is 5.56 Å². The monoisotopic (exact) mass is 239 g/mol. The fourth-order valence-electron chi connectivity index (χ4n) is 1.41. The lowest BCUT2D eigenvalue weighted by molar-refractivity contribution is -0.139. The van der Waals surface area contributed by atoms with Gasteiger partial charge in [0.15, 0.2) is 0 Å². The van der Waals surface area contributed by atoms with Crippen molar-refractivity contribution < 1.29 is 19.1 Å². The third-order valence-electron chi connectivity index (χ3n) is 2.46. The maximum Gasteiger partial charge on any atom is 0.326 e. The van der Waals surface area contributed by atoms with Crippen LogP contribution >= 0.6 is 0 Å². The minimum Gasteiger partial charge on any atom is -0.480 e. The number of carboxylic acids is 1. The summed E-state index contributed by atoms with van der Waals surface area (Å²) in [6, 6.07) is 2.87. The van der Waals surface area contributed by atoms with Gasteiger partial charge in [0, 0.05) is 5.56 Å². The maximum absolute atomic E-state index is 13.0. The minimum atomic E-state index is -1.10. The molecular weight excluding hydrogens is 225 g/mol. The van der Waals surface area contributed by atoms with Gasteiger partial charge in [-0.1, -0.05) is 13.0 Å². The van der Waals surface area contributed by atoms with Crippen LogP contribution in [-0.2, 0) is 4.79 Å². The fraction of sp³-hybridized carbons (Fsp3) is 0.333. The molecule has 0 heterocycles. The first kappa shape index (κ1) is 13.2. The number of aliphatic carboxylic acids is 1. The van der Waals surface area contributed by atoms with Crippen LogP contribution in [0.25, 0.3) is 0 Å². The van der Waals surface area contributed by atoms with E-state index < -0.39 is 23.7 Å². The van der Waals surface area contributed by atoms with Crippen LogP contribution in [-0.4, -0.2) is 23.0 Å². The highest BCUT2D eigenvalue weighted by molar-refractivity contribution is 5.97. The van der Waals surface area contributed by atoms with Crippen molar-refractivity contribution in [3.05, 3.63) is 35.1 Å². The van der Waals surface area contributed by atoms with Crippen molar-refractivity contribution in [1.82, 2.24) is 5.32 Å². The molecule has 2 N–H and O–H groups in total.